The summed E-state index contributed by atoms with van der Waals surface area (Å²) in [6, 6.07) is 8.42. The smallest absolute Gasteiger partial charge is 0.221 e. The molecule has 4 nitrogen and oxygen atoms in total. The first-order chi connectivity index (χ1) is 9.78. The van der Waals surface area contributed by atoms with Crippen molar-refractivity contribution in [1.82, 2.24) is 10.6 Å². The SMILES string of the molecule is COCc1cccc(CNC(=O)CC2CSCCN2)c1.Cl. The average molecular weight is 331 g/mol. The van der Waals surface area contributed by atoms with Gasteiger partial charge in [0.05, 0.1) is 6.61 Å². The van der Waals surface area contributed by atoms with Crippen LogP contribution < -0.4 is 10.6 Å². The van der Waals surface area contributed by atoms with E-state index in [1.54, 1.807) is 7.11 Å². The highest BCUT2D eigenvalue weighted by molar-refractivity contribution is 7.99. The van der Waals surface area contributed by atoms with Crippen LogP contribution in [0.25, 0.3) is 0 Å². The maximum atomic E-state index is 11.9. The summed E-state index contributed by atoms with van der Waals surface area (Å²) >= 11 is 1.91. The normalized spacial score (nSPS) is 17.9. The number of carbonyl (C=O) groups excluding carboxylic acids is 1. The van der Waals surface area contributed by atoms with E-state index in [0.717, 1.165) is 29.2 Å². The number of carbonyl (C=O) groups is 1. The van der Waals surface area contributed by atoms with Crippen LogP contribution in [0.2, 0.25) is 0 Å². The zero-order chi connectivity index (χ0) is 14.2. The van der Waals surface area contributed by atoms with E-state index in [-0.39, 0.29) is 18.3 Å². The van der Waals surface area contributed by atoms with Gasteiger partial charge < -0.3 is 15.4 Å². The lowest BCUT2D eigenvalue weighted by Crippen LogP contribution is -2.41. The van der Waals surface area contributed by atoms with E-state index in [0.29, 0.717) is 25.6 Å². The van der Waals surface area contributed by atoms with E-state index in [1.165, 1.54) is 0 Å². The predicted molar refractivity (Wildman–Crippen MR) is 90.0 cm³/mol. The Hall–Kier alpha value is -0.750. The van der Waals surface area contributed by atoms with Crippen molar-refractivity contribution in [2.24, 2.45) is 0 Å². The minimum Gasteiger partial charge on any atom is -0.380 e. The van der Waals surface area contributed by atoms with Crippen molar-refractivity contribution < 1.29 is 9.53 Å². The Morgan fingerprint density at radius 3 is 3.00 bits per heavy atom. The second kappa shape index (κ2) is 10.1. The molecule has 0 aliphatic carbocycles. The topological polar surface area (TPSA) is 50.4 Å². The number of nitrogens with one attached hydrogen (secondary N) is 2. The summed E-state index contributed by atoms with van der Waals surface area (Å²) in [5.74, 6) is 2.28. The summed E-state index contributed by atoms with van der Waals surface area (Å²) in [5, 5.41) is 6.36. The summed E-state index contributed by atoms with van der Waals surface area (Å²) in [6.45, 7) is 2.18. The molecule has 0 aromatic heterocycles. The Labute approximate surface area is 136 Å². The van der Waals surface area contributed by atoms with Crippen molar-refractivity contribution in [2.75, 3.05) is 25.2 Å². The van der Waals surface area contributed by atoms with E-state index in [4.69, 9.17) is 4.74 Å². The molecule has 1 aliphatic rings. The largest absolute Gasteiger partial charge is 0.380 e. The minimum atomic E-state index is 0. The van der Waals surface area contributed by atoms with Crippen LogP contribution in [0.3, 0.4) is 0 Å². The molecule has 6 heteroatoms. The predicted octanol–water partition coefficient (Wildman–Crippen LogP) is 1.97. The van der Waals surface area contributed by atoms with Gasteiger partial charge in [-0.25, -0.2) is 0 Å². The van der Waals surface area contributed by atoms with E-state index in [1.807, 2.05) is 30.0 Å². The van der Waals surface area contributed by atoms with Gasteiger partial charge in [-0.2, -0.15) is 11.8 Å². The molecule has 2 N–H and O–H groups in total. The molecule has 0 bridgehead atoms. The zero-order valence-corrected chi connectivity index (χ0v) is 13.9. The van der Waals surface area contributed by atoms with Crippen LogP contribution in [0.1, 0.15) is 17.5 Å². The Bertz CT molecular complexity index is 439. The molecule has 2 rings (SSSR count). The van der Waals surface area contributed by atoms with Gasteiger partial charge in [-0.1, -0.05) is 24.3 Å². The number of halogens is 1. The third-order valence-electron chi connectivity index (χ3n) is 3.22. The molecule has 1 unspecified atom stereocenters. The molecule has 1 amide bonds. The van der Waals surface area contributed by atoms with Gasteiger partial charge in [0, 0.05) is 44.2 Å². The first kappa shape index (κ1) is 18.3. The lowest BCUT2D eigenvalue weighted by molar-refractivity contribution is -0.121. The van der Waals surface area contributed by atoms with E-state index < -0.39 is 0 Å². The van der Waals surface area contributed by atoms with Crippen molar-refractivity contribution in [1.29, 1.82) is 0 Å². The maximum Gasteiger partial charge on any atom is 0.221 e. The molecule has 0 saturated carbocycles. The highest BCUT2D eigenvalue weighted by Crippen LogP contribution is 2.10. The first-order valence-electron chi connectivity index (χ1n) is 6.92. The summed E-state index contributed by atoms with van der Waals surface area (Å²) < 4.78 is 5.11. The average Bonchev–Trinajstić information content (AvgIpc) is 2.47. The number of rotatable bonds is 6. The molecule has 0 spiro atoms. The third-order valence-corrected chi connectivity index (χ3v) is 4.35. The van der Waals surface area contributed by atoms with Gasteiger partial charge in [-0.05, 0) is 11.1 Å². The highest BCUT2D eigenvalue weighted by Gasteiger charge is 2.16. The number of ether oxygens (including phenoxy) is 1. The molecule has 0 radical (unpaired) electrons. The second-order valence-corrected chi connectivity index (χ2v) is 6.11. The molecule has 1 atom stereocenters. The fourth-order valence-corrected chi connectivity index (χ4v) is 3.19. The minimum absolute atomic E-state index is 0. The van der Waals surface area contributed by atoms with E-state index in [9.17, 15) is 4.79 Å². The monoisotopic (exact) mass is 330 g/mol. The van der Waals surface area contributed by atoms with E-state index >= 15 is 0 Å². The van der Waals surface area contributed by atoms with Crippen LogP contribution in [0.5, 0.6) is 0 Å². The van der Waals surface area contributed by atoms with Crippen LogP contribution in [0.4, 0.5) is 0 Å². The van der Waals surface area contributed by atoms with Crippen LogP contribution in [-0.2, 0) is 22.7 Å². The second-order valence-electron chi connectivity index (χ2n) is 4.96. The first-order valence-corrected chi connectivity index (χ1v) is 8.08. The molecule has 1 aromatic rings. The molecule has 118 valence electrons. The van der Waals surface area contributed by atoms with Crippen molar-refractivity contribution in [2.45, 2.75) is 25.6 Å². The number of thioether (sulfide) groups is 1. The number of hydrogen-bond donors (Lipinski definition) is 2. The van der Waals surface area contributed by atoms with Crippen molar-refractivity contribution in [3.63, 3.8) is 0 Å². The quantitative estimate of drug-likeness (QED) is 0.837. The van der Waals surface area contributed by atoms with Gasteiger partial charge in [-0.15, -0.1) is 12.4 Å². The molecule has 1 saturated heterocycles. The number of amides is 1. The molecular formula is C15H23ClN2O2S. The van der Waals surface area contributed by atoms with Gasteiger partial charge in [-0.3, -0.25) is 4.79 Å². The van der Waals surface area contributed by atoms with Crippen LogP contribution in [-0.4, -0.2) is 37.1 Å². The Morgan fingerprint density at radius 1 is 1.48 bits per heavy atom. The zero-order valence-electron chi connectivity index (χ0n) is 12.3. The molecule has 1 fully saturated rings. The molecule has 1 aliphatic heterocycles. The summed E-state index contributed by atoms with van der Waals surface area (Å²) in [7, 11) is 1.68. The molecule has 1 heterocycles. The van der Waals surface area contributed by atoms with Gasteiger partial charge in [0.25, 0.3) is 0 Å². The molecule has 1 aromatic carbocycles. The third kappa shape index (κ3) is 6.70. The Kier molecular flexibility index (Phi) is 8.76. The maximum absolute atomic E-state index is 11.9. The lowest BCUT2D eigenvalue weighted by Gasteiger charge is -2.22. The highest BCUT2D eigenvalue weighted by atomic mass is 35.5. The number of hydrogen-bond acceptors (Lipinski definition) is 4. The fourth-order valence-electron chi connectivity index (χ4n) is 2.24. The fraction of sp³-hybridized carbons (Fsp3) is 0.533. The molecule has 21 heavy (non-hydrogen) atoms. The van der Waals surface area contributed by atoms with Gasteiger partial charge >= 0.3 is 0 Å². The van der Waals surface area contributed by atoms with Crippen molar-refractivity contribution in [3.8, 4) is 0 Å². The van der Waals surface area contributed by atoms with E-state index in [2.05, 4.69) is 16.7 Å². The number of benzene rings is 1. The van der Waals surface area contributed by atoms with Crippen molar-refractivity contribution >= 4 is 30.1 Å². The van der Waals surface area contributed by atoms with Crippen LogP contribution in [0.15, 0.2) is 24.3 Å². The van der Waals surface area contributed by atoms with Crippen LogP contribution >= 0.6 is 24.2 Å². The summed E-state index contributed by atoms with van der Waals surface area (Å²) in [5.41, 5.74) is 2.24. The summed E-state index contributed by atoms with van der Waals surface area (Å²) in [4.78, 5) is 11.9. The van der Waals surface area contributed by atoms with Gasteiger partial charge in [0.15, 0.2) is 0 Å². The van der Waals surface area contributed by atoms with Gasteiger partial charge in [0.1, 0.15) is 0 Å². The van der Waals surface area contributed by atoms with Crippen molar-refractivity contribution in [3.05, 3.63) is 35.4 Å². The number of methoxy groups -OCH3 is 1. The molecular weight excluding hydrogens is 308 g/mol. The Morgan fingerprint density at radius 2 is 2.29 bits per heavy atom. The van der Waals surface area contributed by atoms with Crippen LogP contribution in [0, 0.1) is 0 Å². The lowest BCUT2D eigenvalue weighted by atomic mass is 10.1. The standard InChI is InChI=1S/C15H22N2O2S.ClH/c1-19-10-13-4-2-3-12(7-13)9-17-15(18)8-14-11-20-6-5-16-14;/h2-4,7,14,16H,5-6,8-11H2,1H3,(H,17,18);1H. The summed E-state index contributed by atoms with van der Waals surface area (Å²) in [6.07, 6.45) is 0.560. The van der Waals surface area contributed by atoms with Gasteiger partial charge in [0.2, 0.25) is 5.91 Å². The Balaban J connectivity index is 0.00000220.